The van der Waals surface area contributed by atoms with Crippen molar-refractivity contribution in [3.63, 3.8) is 0 Å². The molecule has 0 spiro atoms. The molecule has 0 unspecified atom stereocenters. The smallest absolute Gasteiger partial charge is 0.260 e. The molecule has 168 valence electrons. The first-order valence-corrected chi connectivity index (χ1v) is 13.3. The molecule has 0 amide bonds. The van der Waals surface area contributed by atoms with Crippen LogP contribution in [0.3, 0.4) is 0 Å². The van der Waals surface area contributed by atoms with Crippen molar-refractivity contribution in [2.75, 3.05) is 4.90 Å². The monoisotopic (exact) mass is 475 g/mol. The molecule has 8 rings (SSSR count). The predicted octanol–water partition coefficient (Wildman–Crippen LogP) is 7.16. The van der Waals surface area contributed by atoms with Crippen molar-refractivity contribution in [1.82, 2.24) is 0 Å². The SMILES string of the molecule is Cc1cc2c3c(c1)N(c1ccccc1)c1ccccc1B3c1sc(-c3ccccc3)c3cccc-2c13. The number of benzene rings is 5. The second-order valence-electron chi connectivity index (χ2n) is 9.80. The molecule has 2 aliphatic rings. The highest BCUT2D eigenvalue weighted by Gasteiger charge is 2.42. The molecule has 0 saturated heterocycles. The lowest BCUT2D eigenvalue weighted by Gasteiger charge is -2.39. The van der Waals surface area contributed by atoms with E-state index in [1.54, 1.807) is 0 Å². The Morgan fingerprint density at radius 3 is 2.25 bits per heavy atom. The van der Waals surface area contributed by atoms with Gasteiger partial charge in [0.25, 0.3) is 6.71 Å². The average Bonchev–Trinajstić information content (AvgIpc) is 3.32. The van der Waals surface area contributed by atoms with Gasteiger partial charge in [-0.2, -0.15) is 0 Å². The number of anilines is 3. The van der Waals surface area contributed by atoms with Gasteiger partial charge in [0.05, 0.1) is 0 Å². The lowest BCUT2D eigenvalue weighted by molar-refractivity contribution is 1.28. The molecule has 0 bridgehead atoms. The standard InChI is InChI=1S/C33H22BNS/c1-21-19-26-24-15-10-16-25-30(24)33(36-32(25)22-11-4-2-5-12-22)34-27-17-8-9-18-28(27)35(29(20-21)31(26)34)23-13-6-3-7-14-23/h2-20H,1H3. The van der Waals surface area contributed by atoms with Crippen LogP contribution in [0.25, 0.3) is 32.3 Å². The highest BCUT2D eigenvalue weighted by atomic mass is 32.1. The molecular formula is C33H22BNS. The first-order valence-electron chi connectivity index (χ1n) is 12.5. The van der Waals surface area contributed by atoms with E-state index < -0.39 is 0 Å². The van der Waals surface area contributed by atoms with Gasteiger partial charge in [0.15, 0.2) is 0 Å². The van der Waals surface area contributed by atoms with Crippen molar-refractivity contribution in [2.24, 2.45) is 0 Å². The summed E-state index contributed by atoms with van der Waals surface area (Å²) in [6.07, 6.45) is 0. The van der Waals surface area contributed by atoms with Gasteiger partial charge in [0, 0.05) is 27.3 Å². The summed E-state index contributed by atoms with van der Waals surface area (Å²) >= 11 is 1.98. The van der Waals surface area contributed by atoms with E-state index in [9.17, 15) is 0 Å². The first kappa shape index (κ1) is 20.2. The number of hydrogen-bond donors (Lipinski definition) is 0. The summed E-state index contributed by atoms with van der Waals surface area (Å²) in [5, 5.41) is 2.80. The number of nitrogens with zero attached hydrogens (tertiary/aromatic N) is 1. The summed E-state index contributed by atoms with van der Waals surface area (Å²) in [4.78, 5) is 3.84. The minimum Gasteiger partial charge on any atom is -0.311 e. The Kier molecular flexibility index (Phi) is 4.18. The van der Waals surface area contributed by atoms with Gasteiger partial charge in [-0.05, 0) is 74.5 Å². The third-order valence-electron chi connectivity index (χ3n) is 7.69. The zero-order chi connectivity index (χ0) is 23.8. The van der Waals surface area contributed by atoms with E-state index in [-0.39, 0.29) is 6.71 Å². The van der Waals surface area contributed by atoms with Gasteiger partial charge in [-0.15, -0.1) is 11.3 Å². The van der Waals surface area contributed by atoms with Crippen LogP contribution in [0.4, 0.5) is 17.1 Å². The molecule has 0 aliphatic carbocycles. The van der Waals surface area contributed by atoms with Crippen LogP contribution in [0.1, 0.15) is 5.56 Å². The summed E-state index contributed by atoms with van der Waals surface area (Å²) in [6, 6.07) is 42.4. The van der Waals surface area contributed by atoms with Gasteiger partial charge < -0.3 is 4.90 Å². The first-order chi connectivity index (χ1) is 17.8. The van der Waals surface area contributed by atoms with Crippen molar-refractivity contribution in [1.29, 1.82) is 0 Å². The van der Waals surface area contributed by atoms with Gasteiger partial charge >= 0.3 is 0 Å². The van der Waals surface area contributed by atoms with Crippen LogP contribution in [0.5, 0.6) is 0 Å². The summed E-state index contributed by atoms with van der Waals surface area (Å²) in [7, 11) is 0. The van der Waals surface area contributed by atoms with E-state index in [4.69, 9.17) is 0 Å². The molecule has 2 aliphatic heterocycles. The fourth-order valence-electron chi connectivity index (χ4n) is 6.29. The number of thiophene rings is 1. The minimum absolute atomic E-state index is 0.228. The Morgan fingerprint density at radius 1 is 0.667 bits per heavy atom. The van der Waals surface area contributed by atoms with E-state index in [1.807, 2.05) is 11.3 Å². The highest BCUT2D eigenvalue weighted by Crippen LogP contribution is 2.45. The molecule has 3 heterocycles. The van der Waals surface area contributed by atoms with Crippen LogP contribution in [-0.4, -0.2) is 6.71 Å². The Bertz CT molecular complexity index is 1800. The van der Waals surface area contributed by atoms with Crippen molar-refractivity contribution in [3.8, 4) is 21.6 Å². The van der Waals surface area contributed by atoms with Crippen LogP contribution in [0.15, 0.2) is 115 Å². The van der Waals surface area contributed by atoms with E-state index >= 15 is 0 Å². The summed E-state index contributed by atoms with van der Waals surface area (Å²) in [5.74, 6) is 0. The van der Waals surface area contributed by atoms with Crippen LogP contribution in [-0.2, 0) is 0 Å². The molecule has 0 saturated carbocycles. The maximum absolute atomic E-state index is 2.47. The second-order valence-corrected chi connectivity index (χ2v) is 10.8. The summed E-state index contributed by atoms with van der Waals surface area (Å²) < 4.78 is 1.47. The Hall–Kier alpha value is -4.08. The van der Waals surface area contributed by atoms with Crippen LogP contribution in [0.2, 0.25) is 0 Å². The quantitative estimate of drug-likeness (QED) is 0.240. The molecule has 5 aromatic carbocycles. The molecule has 36 heavy (non-hydrogen) atoms. The Labute approximate surface area is 215 Å². The Morgan fingerprint density at radius 2 is 1.42 bits per heavy atom. The normalized spacial score (nSPS) is 13.0. The molecule has 1 aromatic heterocycles. The van der Waals surface area contributed by atoms with E-state index in [0.29, 0.717) is 0 Å². The van der Waals surface area contributed by atoms with Gasteiger partial charge in [-0.3, -0.25) is 0 Å². The lowest BCUT2D eigenvalue weighted by atomic mass is 9.35. The molecule has 3 heteroatoms. The third-order valence-corrected chi connectivity index (χ3v) is 9.01. The average molecular weight is 475 g/mol. The van der Waals surface area contributed by atoms with Crippen LogP contribution < -0.4 is 20.6 Å². The van der Waals surface area contributed by atoms with Crippen molar-refractivity contribution >= 4 is 61.6 Å². The van der Waals surface area contributed by atoms with Crippen LogP contribution in [0, 0.1) is 6.92 Å². The number of hydrogen-bond acceptors (Lipinski definition) is 2. The fraction of sp³-hybridized carbons (Fsp3) is 0.0303. The molecule has 0 N–H and O–H groups in total. The predicted molar refractivity (Wildman–Crippen MR) is 157 cm³/mol. The number of rotatable bonds is 2. The van der Waals surface area contributed by atoms with Crippen molar-refractivity contribution < 1.29 is 0 Å². The Balaban J connectivity index is 1.51. The minimum atomic E-state index is 0.228. The van der Waals surface area contributed by atoms with E-state index in [0.717, 1.165) is 0 Å². The largest absolute Gasteiger partial charge is 0.311 e. The van der Waals surface area contributed by atoms with Crippen LogP contribution >= 0.6 is 11.3 Å². The molecular weight excluding hydrogens is 453 g/mol. The van der Waals surface area contributed by atoms with Gasteiger partial charge in [0.2, 0.25) is 0 Å². The highest BCUT2D eigenvalue weighted by molar-refractivity contribution is 7.32. The third kappa shape index (κ3) is 2.67. The maximum atomic E-state index is 2.47. The van der Waals surface area contributed by atoms with Gasteiger partial charge in [0.1, 0.15) is 0 Å². The second kappa shape index (κ2) is 7.46. The number of aryl methyl sites for hydroxylation is 1. The lowest BCUT2D eigenvalue weighted by Crippen LogP contribution is -2.58. The van der Waals surface area contributed by atoms with E-state index in [2.05, 4.69) is 127 Å². The number of fused-ring (bicyclic) bond motifs is 4. The van der Waals surface area contributed by atoms with Gasteiger partial charge in [-0.25, -0.2) is 0 Å². The summed E-state index contributed by atoms with van der Waals surface area (Å²) in [5.41, 5.74) is 11.9. The molecule has 0 fully saturated rings. The summed E-state index contributed by atoms with van der Waals surface area (Å²) in [6.45, 7) is 2.46. The van der Waals surface area contributed by atoms with Crippen molar-refractivity contribution in [3.05, 3.63) is 121 Å². The zero-order valence-corrected chi connectivity index (χ0v) is 20.7. The fourth-order valence-corrected chi connectivity index (χ4v) is 7.73. The molecule has 6 aromatic rings. The molecule has 0 radical (unpaired) electrons. The topological polar surface area (TPSA) is 3.24 Å². The number of para-hydroxylation sites is 2. The zero-order valence-electron chi connectivity index (χ0n) is 19.9. The van der Waals surface area contributed by atoms with Gasteiger partial charge in [-0.1, -0.05) is 91.0 Å². The molecule has 0 atom stereocenters. The van der Waals surface area contributed by atoms with Crippen molar-refractivity contribution in [2.45, 2.75) is 6.92 Å². The molecule has 1 nitrogen and oxygen atoms in total. The van der Waals surface area contributed by atoms with E-state index in [1.165, 1.54) is 70.7 Å². The maximum Gasteiger partial charge on any atom is 0.260 e.